The molecule has 1 heterocycles. The van der Waals surface area contributed by atoms with Gasteiger partial charge in [-0.05, 0) is 67.4 Å². The van der Waals surface area contributed by atoms with Crippen molar-refractivity contribution in [2.45, 2.75) is 44.9 Å². The van der Waals surface area contributed by atoms with Gasteiger partial charge in [0, 0.05) is 48.5 Å². The second kappa shape index (κ2) is 11.6. The first kappa shape index (κ1) is 25.9. The molecule has 0 radical (unpaired) electrons. The Morgan fingerprint density at radius 1 is 1.09 bits per heavy atom. The summed E-state index contributed by atoms with van der Waals surface area (Å²) < 4.78 is 30.0. The Morgan fingerprint density at radius 3 is 2.38 bits per heavy atom. The minimum atomic E-state index is -3.56. The summed E-state index contributed by atoms with van der Waals surface area (Å²) in [6, 6.07) is 13.3. The molecule has 0 saturated heterocycles. The summed E-state index contributed by atoms with van der Waals surface area (Å²) in [7, 11) is -1.64. The van der Waals surface area contributed by atoms with E-state index >= 15 is 0 Å². The molecule has 2 aromatic carbocycles. The lowest BCUT2D eigenvalue weighted by atomic mass is 10.1. The lowest BCUT2D eigenvalue weighted by Gasteiger charge is -2.21. The van der Waals surface area contributed by atoms with Crippen LogP contribution in [0.1, 0.15) is 44.7 Å². The maximum atomic E-state index is 13.2. The van der Waals surface area contributed by atoms with E-state index in [2.05, 4.69) is 34.9 Å². The van der Waals surface area contributed by atoms with E-state index in [0.717, 1.165) is 41.4 Å². The summed E-state index contributed by atoms with van der Waals surface area (Å²) in [6.07, 6.45) is 6.10. The Bertz CT molecular complexity index is 1260. The Kier molecular flexibility index (Phi) is 8.82. The van der Waals surface area contributed by atoms with Gasteiger partial charge >= 0.3 is 0 Å². The molecule has 0 aliphatic rings. The maximum Gasteiger partial charge on any atom is 0.243 e. The van der Waals surface area contributed by atoms with Crippen LogP contribution < -0.4 is 10.7 Å². The zero-order valence-corrected chi connectivity index (χ0v) is 21.8. The molecule has 0 saturated carbocycles. The fourth-order valence-electron chi connectivity index (χ4n) is 3.81. The molecule has 0 aliphatic carbocycles. The molecule has 7 nitrogen and oxygen atoms in total. The number of hydrogen-bond acceptors (Lipinski definition) is 4. The van der Waals surface area contributed by atoms with Gasteiger partial charge < -0.3 is 9.88 Å². The summed E-state index contributed by atoms with van der Waals surface area (Å²) in [5, 5.41) is 8.56. The number of sulfonamides is 1. The molecule has 2 N–H and O–H groups in total. The number of hydrogen-bond donors (Lipinski definition) is 2. The summed E-state index contributed by atoms with van der Waals surface area (Å²) in [5.74, 6) is 0. The molecule has 182 valence electrons. The zero-order chi connectivity index (χ0) is 24.7. The first-order valence-electron chi connectivity index (χ1n) is 11.6. The molecule has 3 rings (SSSR count). The molecule has 9 heteroatoms. The third-order valence-electron chi connectivity index (χ3n) is 5.57. The largest absolute Gasteiger partial charge is 0.350 e. The monoisotopic (exact) mass is 499 g/mol. The van der Waals surface area contributed by atoms with Crippen molar-refractivity contribution in [3.63, 3.8) is 0 Å². The van der Waals surface area contributed by atoms with Crippen LogP contribution in [0.15, 0.2) is 58.7 Å². The molecule has 0 atom stereocenters. The minimum Gasteiger partial charge on any atom is -0.350 e. The summed E-state index contributed by atoms with van der Waals surface area (Å²) in [6.45, 7) is 7.10. The highest BCUT2D eigenvalue weighted by molar-refractivity contribution is 7.89. The van der Waals surface area contributed by atoms with E-state index in [0.29, 0.717) is 23.1 Å². The smallest absolute Gasteiger partial charge is 0.243 e. The van der Waals surface area contributed by atoms with Gasteiger partial charge in [-0.2, -0.15) is 9.41 Å². The fourth-order valence-corrected chi connectivity index (χ4v) is 5.63. The van der Waals surface area contributed by atoms with Crippen LogP contribution in [-0.2, 0) is 23.5 Å². The SMILES string of the molecule is CCCN(CCC)S(=O)(=O)c1ccc2c(c1)c(/C=N\NC(=S)Nc1ccc(CC)cc1)cn2C. The molecule has 0 unspecified atom stereocenters. The number of aryl methyl sites for hydroxylation is 2. The van der Waals surface area contributed by atoms with E-state index in [1.165, 1.54) is 5.56 Å². The third kappa shape index (κ3) is 6.02. The topological polar surface area (TPSA) is 78.7 Å². The van der Waals surface area contributed by atoms with Gasteiger partial charge in [-0.25, -0.2) is 8.42 Å². The van der Waals surface area contributed by atoms with E-state index in [-0.39, 0.29) is 0 Å². The average molecular weight is 500 g/mol. The second-order valence-electron chi connectivity index (χ2n) is 8.15. The first-order valence-corrected chi connectivity index (χ1v) is 13.4. The number of nitrogens with zero attached hydrogens (tertiary/aromatic N) is 3. The van der Waals surface area contributed by atoms with E-state index in [1.54, 1.807) is 22.7 Å². The number of anilines is 1. The molecule has 0 fully saturated rings. The van der Waals surface area contributed by atoms with Gasteiger partial charge in [-0.1, -0.05) is 32.9 Å². The van der Waals surface area contributed by atoms with Crippen molar-refractivity contribution in [1.82, 2.24) is 14.3 Å². The molecule has 0 amide bonds. The van der Waals surface area contributed by atoms with Gasteiger partial charge in [0.1, 0.15) is 0 Å². The highest BCUT2D eigenvalue weighted by Gasteiger charge is 2.24. The molecule has 34 heavy (non-hydrogen) atoms. The van der Waals surface area contributed by atoms with Crippen LogP contribution >= 0.6 is 12.2 Å². The van der Waals surface area contributed by atoms with E-state index in [9.17, 15) is 8.42 Å². The zero-order valence-electron chi connectivity index (χ0n) is 20.2. The van der Waals surface area contributed by atoms with Crippen LogP contribution in [-0.4, -0.2) is 41.7 Å². The highest BCUT2D eigenvalue weighted by atomic mass is 32.2. The normalized spacial score (nSPS) is 12.0. The second-order valence-corrected chi connectivity index (χ2v) is 10.5. The molecular formula is C25H33N5O2S2. The van der Waals surface area contributed by atoms with Crippen molar-refractivity contribution in [2.75, 3.05) is 18.4 Å². The van der Waals surface area contributed by atoms with Gasteiger partial charge in [0.2, 0.25) is 10.0 Å². The first-order chi connectivity index (χ1) is 16.3. The summed E-state index contributed by atoms with van der Waals surface area (Å²) >= 11 is 5.34. The fraction of sp³-hybridized carbons (Fsp3) is 0.360. The van der Waals surface area contributed by atoms with Crippen LogP contribution in [0.3, 0.4) is 0 Å². The Hall–Kier alpha value is -2.75. The summed E-state index contributed by atoms with van der Waals surface area (Å²) in [4.78, 5) is 0.295. The maximum absolute atomic E-state index is 13.2. The predicted molar refractivity (Wildman–Crippen MR) is 145 cm³/mol. The average Bonchev–Trinajstić information content (AvgIpc) is 3.14. The molecule has 0 aliphatic heterocycles. The number of benzene rings is 2. The van der Waals surface area contributed by atoms with E-state index in [1.807, 2.05) is 49.9 Å². The van der Waals surface area contributed by atoms with Gasteiger partial charge in [-0.3, -0.25) is 5.43 Å². The third-order valence-corrected chi connectivity index (χ3v) is 7.65. The van der Waals surface area contributed by atoms with Crippen molar-refractivity contribution in [3.8, 4) is 0 Å². The van der Waals surface area contributed by atoms with Crippen molar-refractivity contribution in [1.29, 1.82) is 0 Å². The molecule has 0 bridgehead atoms. The minimum absolute atomic E-state index is 0.295. The van der Waals surface area contributed by atoms with Crippen molar-refractivity contribution < 1.29 is 8.42 Å². The predicted octanol–water partition coefficient (Wildman–Crippen LogP) is 4.87. The molecule has 0 spiro atoms. The van der Waals surface area contributed by atoms with Crippen molar-refractivity contribution in [3.05, 3.63) is 59.8 Å². The highest BCUT2D eigenvalue weighted by Crippen LogP contribution is 2.25. The van der Waals surface area contributed by atoms with Crippen LogP contribution in [0, 0.1) is 0 Å². The Balaban J connectivity index is 1.79. The van der Waals surface area contributed by atoms with Crippen molar-refractivity contribution in [2.24, 2.45) is 12.1 Å². The van der Waals surface area contributed by atoms with E-state index in [4.69, 9.17) is 12.2 Å². The lowest BCUT2D eigenvalue weighted by Crippen LogP contribution is -2.32. The molecular weight excluding hydrogens is 466 g/mol. The van der Waals surface area contributed by atoms with Crippen LogP contribution in [0.5, 0.6) is 0 Å². The number of fused-ring (bicyclic) bond motifs is 1. The standard InChI is InChI=1S/C25H33N5O2S2/c1-5-14-30(15-6-2)34(31,32)22-12-13-24-23(16-22)20(18-29(24)4)17-26-28-25(33)27-21-10-8-19(7-3)9-11-21/h8-13,16-18H,5-7,14-15H2,1-4H3,(H2,27,28,33)/b26-17-. The molecule has 1 aromatic heterocycles. The van der Waals surface area contributed by atoms with Crippen LogP contribution in [0.25, 0.3) is 10.9 Å². The number of hydrazone groups is 1. The molecule has 3 aromatic rings. The van der Waals surface area contributed by atoms with Gasteiger partial charge in [-0.15, -0.1) is 0 Å². The summed E-state index contributed by atoms with van der Waals surface area (Å²) in [5.41, 5.74) is 6.70. The van der Waals surface area contributed by atoms with Gasteiger partial charge in [0.15, 0.2) is 5.11 Å². The number of rotatable bonds is 10. The van der Waals surface area contributed by atoms with Crippen LogP contribution in [0.4, 0.5) is 5.69 Å². The number of aromatic nitrogens is 1. The lowest BCUT2D eigenvalue weighted by molar-refractivity contribution is 0.410. The Labute approximate surface area is 207 Å². The number of thiocarbonyl (C=S) groups is 1. The number of nitrogens with one attached hydrogen (secondary N) is 2. The van der Waals surface area contributed by atoms with Gasteiger partial charge in [0.25, 0.3) is 0 Å². The van der Waals surface area contributed by atoms with Crippen molar-refractivity contribution >= 4 is 50.2 Å². The quantitative estimate of drug-likeness (QED) is 0.236. The Morgan fingerprint density at radius 2 is 1.76 bits per heavy atom. The van der Waals surface area contributed by atoms with Gasteiger partial charge in [0.05, 0.1) is 11.1 Å². The van der Waals surface area contributed by atoms with E-state index < -0.39 is 10.0 Å². The van der Waals surface area contributed by atoms with Crippen LogP contribution in [0.2, 0.25) is 0 Å².